The Kier molecular flexibility index (Phi) is 6.78. The van der Waals surface area contributed by atoms with E-state index >= 15 is 0 Å². The first-order chi connectivity index (χ1) is 7.45. The fourth-order valence-corrected chi connectivity index (χ4v) is 0.979. The van der Waals surface area contributed by atoms with Crippen molar-refractivity contribution in [1.29, 1.82) is 0 Å². The van der Waals surface area contributed by atoms with Crippen LogP contribution in [-0.2, 0) is 9.59 Å². The van der Waals surface area contributed by atoms with Crippen LogP contribution in [0.15, 0.2) is 16.8 Å². The average molecular weight is 227 g/mol. The molecule has 0 aromatic rings. The first kappa shape index (κ1) is 14.3. The third-order valence-corrected chi connectivity index (χ3v) is 1.80. The fourth-order valence-electron chi connectivity index (χ4n) is 0.979. The van der Waals surface area contributed by atoms with Gasteiger partial charge in [-0.05, 0) is 25.3 Å². The molecule has 90 valence electrons. The molecule has 0 aliphatic carbocycles. The lowest BCUT2D eigenvalue weighted by Gasteiger charge is -2.03. The zero-order valence-electron chi connectivity index (χ0n) is 9.49. The van der Waals surface area contributed by atoms with E-state index in [1.54, 1.807) is 6.92 Å². The van der Waals surface area contributed by atoms with Crippen LogP contribution in [0.1, 0.15) is 26.7 Å². The Balaban J connectivity index is 4.16. The zero-order valence-corrected chi connectivity index (χ0v) is 9.49. The van der Waals surface area contributed by atoms with E-state index in [-0.39, 0.29) is 12.5 Å². The minimum Gasteiger partial charge on any atom is -0.478 e. The number of carbonyl (C=O) groups excluding carboxylic acids is 1. The molecule has 6 nitrogen and oxygen atoms in total. The molecule has 0 saturated heterocycles. The first-order valence-corrected chi connectivity index (χ1v) is 4.88. The average Bonchev–Trinajstić information content (AvgIpc) is 2.20. The summed E-state index contributed by atoms with van der Waals surface area (Å²) in [6.45, 7) is 3.33. The van der Waals surface area contributed by atoms with Crippen molar-refractivity contribution >= 4 is 17.6 Å². The second-order valence-corrected chi connectivity index (χ2v) is 3.36. The third-order valence-electron chi connectivity index (χ3n) is 1.80. The molecule has 1 amide bonds. The molecule has 0 saturated carbocycles. The van der Waals surface area contributed by atoms with Crippen molar-refractivity contribution in [3.05, 3.63) is 11.6 Å². The molecule has 0 atom stereocenters. The van der Waals surface area contributed by atoms with Crippen LogP contribution >= 0.6 is 0 Å². The van der Waals surface area contributed by atoms with Crippen molar-refractivity contribution in [2.45, 2.75) is 26.7 Å². The second kappa shape index (κ2) is 7.58. The highest BCUT2D eigenvalue weighted by molar-refractivity contribution is 5.84. The van der Waals surface area contributed by atoms with Gasteiger partial charge in [0.05, 0.1) is 0 Å². The van der Waals surface area contributed by atoms with Crippen LogP contribution in [0.5, 0.6) is 0 Å². The highest BCUT2D eigenvalue weighted by Crippen LogP contribution is 2.04. The molecule has 4 N–H and O–H groups in total. The lowest BCUT2D eigenvalue weighted by Crippen LogP contribution is -2.15. The van der Waals surface area contributed by atoms with E-state index in [2.05, 4.69) is 10.5 Å². The Bertz CT molecular complexity index is 321. The number of rotatable bonds is 6. The lowest BCUT2D eigenvalue weighted by atomic mass is 10.1. The summed E-state index contributed by atoms with van der Waals surface area (Å²) in [6, 6.07) is 0. The van der Waals surface area contributed by atoms with Gasteiger partial charge in [0, 0.05) is 25.3 Å². The number of hydrazone groups is 1. The summed E-state index contributed by atoms with van der Waals surface area (Å²) < 4.78 is 0. The summed E-state index contributed by atoms with van der Waals surface area (Å²) in [5, 5.41) is 12.3. The molecular formula is C10H17N3O3. The molecule has 0 bridgehead atoms. The highest BCUT2D eigenvalue weighted by atomic mass is 16.4. The molecule has 6 heteroatoms. The number of carboxylic acids is 1. The Labute approximate surface area is 94.2 Å². The molecule has 0 aromatic heterocycles. The Morgan fingerprint density at radius 3 is 2.44 bits per heavy atom. The van der Waals surface area contributed by atoms with Gasteiger partial charge in [0.15, 0.2) is 0 Å². The summed E-state index contributed by atoms with van der Waals surface area (Å²) in [7, 11) is 0. The first-order valence-electron chi connectivity index (χ1n) is 4.88. The predicted octanol–water partition coefficient (Wildman–Crippen LogP) is 0.248. The van der Waals surface area contributed by atoms with Gasteiger partial charge in [-0.2, -0.15) is 5.10 Å². The predicted molar refractivity (Wildman–Crippen MR) is 60.9 cm³/mol. The number of aliphatic carboxylic acids is 1. The highest BCUT2D eigenvalue weighted by Gasteiger charge is 2.00. The summed E-state index contributed by atoms with van der Waals surface area (Å²) in [6.07, 6.45) is 2.19. The van der Waals surface area contributed by atoms with Gasteiger partial charge in [0.1, 0.15) is 0 Å². The van der Waals surface area contributed by atoms with Crippen LogP contribution in [0, 0.1) is 0 Å². The smallest absolute Gasteiger partial charge is 0.328 e. The topological polar surface area (TPSA) is 105 Å². The van der Waals surface area contributed by atoms with Gasteiger partial charge in [-0.1, -0.05) is 0 Å². The third kappa shape index (κ3) is 7.69. The standard InChI is InChI=1S/C10H17N3O3/c1-7(12-13-8(2)14)3-4-9(6-11)5-10(15)16/h5H,3-4,6,11H2,1-2H3,(H,13,14)(H,15,16)/b9-5-,12-7+. The lowest BCUT2D eigenvalue weighted by molar-refractivity contribution is -0.131. The number of nitrogens with two attached hydrogens (primary N) is 1. The SMILES string of the molecule is CC(=O)N/N=C(\C)CC/C(=C/C(=O)O)CN. The fraction of sp³-hybridized carbons (Fsp3) is 0.500. The normalized spacial score (nSPS) is 12.4. The van der Waals surface area contributed by atoms with Gasteiger partial charge in [-0.25, -0.2) is 10.2 Å². The van der Waals surface area contributed by atoms with Crippen LogP contribution in [0.4, 0.5) is 0 Å². The van der Waals surface area contributed by atoms with E-state index in [4.69, 9.17) is 10.8 Å². The molecule has 0 fully saturated rings. The number of nitrogens with one attached hydrogen (secondary N) is 1. The minimum atomic E-state index is -1.00. The molecular weight excluding hydrogens is 210 g/mol. The van der Waals surface area contributed by atoms with Gasteiger partial charge >= 0.3 is 5.97 Å². The molecule has 0 aliphatic rings. The van der Waals surface area contributed by atoms with Gasteiger partial charge < -0.3 is 10.8 Å². The van der Waals surface area contributed by atoms with Crippen molar-refractivity contribution in [1.82, 2.24) is 5.43 Å². The quantitative estimate of drug-likeness (QED) is 0.343. The van der Waals surface area contributed by atoms with E-state index in [0.717, 1.165) is 11.8 Å². The molecule has 0 unspecified atom stereocenters. The number of hydrogen-bond donors (Lipinski definition) is 3. The largest absolute Gasteiger partial charge is 0.478 e. The van der Waals surface area contributed by atoms with Crippen LogP contribution in [-0.4, -0.2) is 29.2 Å². The van der Waals surface area contributed by atoms with Crippen molar-refractivity contribution < 1.29 is 14.7 Å². The van der Waals surface area contributed by atoms with Crippen molar-refractivity contribution in [3.8, 4) is 0 Å². The van der Waals surface area contributed by atoms with Gasteiger partial charge in [-0.3, -0.25) is 4.79 Å². The molecule has 0 aromatic carbocycles. The number of carboxylic acid groups (broad SMARTS) is 1. The van der Waals surface area contributed by atoms with E-state index in [0.29, 0.717) is 18.4 Å². The van der Waals surface area contributed by atoms with Crippen LogP contribution in [0.3, 0.4) is 0 Å². The van der Waals surface area contributed by atoms with E-state index in [9.17, 15) is 9.59 Å². The Morgan fingerprint density at radius 1 is 1.38 bits per heavy atom. The summed E-state index contributed by atoms with van der Waals surface area (Å²) in [4.78, 5) is 21.0. The van der Waals surface area contributed by atoms with E-state index < -0.39 is 5.97 Å². The van der Waals surface area contributed by atoms with Crippen molar-refractivity contribution in [2.24, 2.45) is 10.8 Å². The van der Waals surface area contributed by atoms with Crippen LogP contribution < -0.4 is 11.2 Å². The summed E-state index contributed by atoms with van der Waals surface area (Å²) in [5.41, 5.74) is 9.06. The Morgan fingerprint density at radius 2 is 2.00 bits per heavy atom. The molecule has 16 heavy (non-hydrogen) atoms. The summed E-state index contributed by atoms with van der Waals surface area (Å²) >= 11 is 0. The van der Waals surface area contributed by atoms with Gasteiger partial charge in [0.25, 0.3) is 0 Å². The number of amides is 1. The van der Waals surface area contributed by atoms with E-state index in [1.807, 2.05) is 0 Å². The maximum Gasteiger partial charge on any atom is 0.328 e. The molecule has 0 spiro atoms. The van der Waals surface area contributed by atoms with Crippen molar-refractivity contribution in [3.63, 3.8) is 0 Å². The number of carbonyl (C=O) groups is 2. The van der Waals surface area contributed by atoms with Crippen LogP contribution in [0.25, 0.3) is 0 Å². The molecule has 0 rings (SSSR count). The van der Waals surface area contributed by atoms with Crippen molar-refractivity contribution in [2.75, 3.05) is 6.54 Å². The molecule has 0 aliphatic heterocycles. The number of hydrogen-bond acceptors (Lipinski definition) is 4. The molecule has 0 heterocycles. The monoisotopic (exact) mass is 227 g/mol. The second-order valence-electron chi connectivity index (χ2n) is 3.36. The van der Waals surface area contributed by atoms with E-state index in [1.165, 1.54) is 6.92 Å². The summed E-state index contributed by atoms with van der Waals surface area (Å²) in [5.74, 6) is -1.24. The van der Waals surface area contributed by atoms with Gasteiger partial charge in [-0.15, -0.1) is 0 Å². The van der Waals surface area contributed by atoms with Crippen LogP contribution in [0.2, 0.25) is 0 Å². The maximum absolute atomic E-state index is 10.6. The maximum atomic E-state index is 10.6. The number of nitrogens with zero attached hydrogens (tertiary/aromatic N) is 1. The zero-order chi connectivity index (χ0) is 12.6. The molecule has 0 radical (unpaired) electrons. The van der Waals surface area contributed by atoms with Gasteiger partial charge in [0.2, 0.25) is 5.91 Å². The minimum absolute atomic E-state index is 0.208. The Hall–Kier alpha value is -1.69.